The number of benzene rings is 1. The van der Waals surface area contributed by atoms with Gasteiger partial charge in [0, 0.05) is 5.56 Å². The van der Waals surface area contributed by atoms with E-state index < -0.39 is 5.60 Å². The van der Waals surface area contributed by atoms with Crippen molar-refractivity contribution in [1.82, 2.24) is 0 Å². The van der Waals surface area contributed by atoms with Gasteiger partial charge in [-0.05, 0) is 31.2 Å². The van der Waals surface area contributed by atoms with Crippen LogP contribution in [-0.4, -0.2) is 5.11 Å². The van der Waals surface area contributed by atoms with Crippen LogP contribution in [0.5, 0.6) is 0 Å². The summed E-state index contributed by atoms with van der Waals surface area (Å²) in [6.07, 6.45) is 1.52. The number of hydrogen-bond acceptors (Lipinski definition) is 2. The van der Waals surface area contributed by atoms with Gasteiger partial charge in [0.25, 0.3) is 0 Å². The lowest BCUT2D eigenvalue weighted by molar-refractivity contribution is 0.0954. The van der Waals surface area contributed by atoms with Crippen LogP contribution in [0.3, 0.4) is 0 Å². The molecule has 1 N–H and O–H groups in total. The Bertz CT molecular complexity index is 499. The van der Waals surface area contributed by atoms with E-state index in [0.29, 0.717) is 5.76 Å². The highest BCUT2D eigenvalue weighted by Crippen LogP contribution is 2.19. The van der Waals surface area contributed by atoms with Crippen LogP contribution in [0.15, 0.2) is 53.1 Å². The molecule has 2 heteroatoms. The number of aliphatic hydroxyl groups is 1. The number of rotatable bonds is 1. The van der Waals surface area contributed by atoms with Crippen LogP contribution in [0.25, 0.3) is 0 Å². The van der Waals surface area contributed by atoms with E-state index in [9.17, 15) is 5.11 Å². The Hall–Kier alpha value is -1.98. The van der Waals surface area contributed by atoms with Gasteiger partial charge in [-0.25, -0.2) is 0 Å². The van der Waals surface area contributed by atoms with E-state index in [1.807, 2.05) is 30.3 Å². The molecule has 0 fully saturated rings. The average molecular weight is 212 g/mol. The monoisotopic (exact) mass is 212 g/mol. The van der Waals surface area contributed by atoms with Crippen molar-refractivity contribution in [1.29, 1.82) is 0 Å². The van der Waals surface area contributed by atoms with Crippen molar-refractivity contribution in [2.45, 2.75) is 12.5 Å². The maximum Gasteiger partial charge on any atom is 0.180 e. The molecule has 2 nitrogen and oxygen atoms in total. The first-order valence-corrected chi connectivity index (χ1v) is 5.03. The fraction of sp³-hybridized carbons (Fsp3) is 0.143. The van der Waals surface area contributed by atoms with Crippen LogP contribution >= 0.6 is 0 Å². The Kier molecular flexibility index (Phi) is 2.80. The van der Waals surface area contributed by atoms with Crippen molar-refractivity contribution < 1.29 is 9.52 Å². The van der Waals surface area contributed by atoms with Crippen molar-refractivity contribution in [3.63, 3.8) is 0 Å². The molecule has 1 aromatic heterocycles. The maximum absolute atomic E-state index is 10.1. The number of furan rings is 1. The highest BCUT2D eigenvalue weighted by molar-refractivity contribution is 5.37. The fourth-order valence-corrected chi connectivity index (χ4v) is 1.33. The Labute approximate surface area is 94.5 Å². The first kappa shape index (κ1) is 10.5. The molecule has 2 aromatic rings. The summed E-state index contributed by atoms with van der Waals surface area (Å²) < 4.78 is 5.13. The molecule has 1 atom stereocenters. The molecule has 0 aliphatic carbocycles. The molecule has 0 amide bonds. The van der Waals surface area contributed by atoms with Gasteiger partial charge in [0.1, 0.15) is 5.76 Å². The third-order valence-electron chi connectivity index (χ3n) is 2.22. The molecule has 0 saturated heterocycles. The molecule has 1 heterocycles. The van der Waals surface area contributed by atoms with Crippen LogP contribution in [0.4, 0.5) is 0 Å². The predicted molar refractivity (Wildman–Crippen MR) is 61.6 cm³/mol. The zero-order chi connectivity index (χ0) is 11.4. The van der Waals surface area contributed by atoms with Gasteiger partial charge in [0.15, 0.2) is 5.60 Å². The molecule has 1 aromatic carbocycles. The molecule has 16 heavy (non-hydrogen) atoms. The van der Waals surface area contributed by atoms with Gasteiger partial charge in [-0.15, -0.1) is 0 Å². The van der Waals surface area contributed by atoms with Gasteiger partial charge in [0.05, 0.1) is 6.26 Å². The fourth-order valence-electron chi connectivity index (χ4n) is 1.33. The molecule has 2 rings (SSSR count). The second kappa shape index (κ2) is 4.26. The lowest BCUT2D eigenvalue weighted by Gasteiger charge is -2.12. The maximum atomic E-state index is 10.1. The van der Waals surface area contributed by atoms with Gasteiger partial charge < -0.3 is 9.52 Å². The van der Waals surface area contributed by atoms with Gasteiger partial charge in [-0.3, -0.25) is 0 Å². The second-order valence-electron chi connectivity index (χ2n) is 3.67. The summed E-state index contributed by atoms with van der Waals surface area (Å²) in [6, 6.07) is 13.0. The summed E-state index contributed by atoms with van der Waals surface area (Å²) in [5, 5.41) is 10.1. The molecule has 0 bridgehead atoms. The summed E-state index contributed by atoms with van der Waals surface area (Å²) in [5.41, 5.74) is -0.381. The number of hydrogen-bond donors (Lipinski definition) is 1. The van der Waals surface area contributed by atoms with Crippen molar-refractivity contribution >= 4 is 0 Å². The van der Waals surface area contributed by atoms with Gasteiger partial charge in [-0.1, -0.05) is 30.0 Å². The quantitative estimate of drug-likeness (QED) is 0.737. The molecular formula is C14H12O2. The van der Waals surface area contributed by atoms with Crippen molar-refractivity contribution in [2.24, 2.45) is 0 Å². The molecule has 0 aliphatic rings. The van der Waals surface area contributed by atoms with E-state index in [-0.39, 0.29) is 0 Å². The predicted octanol–water partition coefficient (Wildman–Crippen LogP) is 2.54. The Morgan fingerprint density at radius 3 is 2.50 bits per heavy atom. The standard InChI is InChI=1S/C14H12O2/c1-14(15,13-8-5-11-16-13)10-9-12-6-3-2-4-7-12/h2-8,11,15H,1H3. The summed E-state index contributed by atoms with van der Waals surface area (Å²) in [4.78, 5) is 0. The average Bonchev–Trinajstić information content (AvgIpc) is 2.82. The van der Waals surface area contributed by atoms with Gasteiger partial charge in [-0.2, -0.15) is 0 Å². The smallest absolute Gasteiger partial charge is 0.180 e. The summed E-state index contributed by atoms with van der Waals surface area (Å²) in [7, 11) is 0. The molecule has 0 aliphatic heterocycles. The van der Waals surface area contributed by atoms with E-state index in [1.54, 1.807) is 19.1 Å². The van der Waals surface area contributed by atoms with Crippen LogP contribution in [0, 0.1) is 11.8 Å². The highest BCUT2D eigenvalue weighted by atomic mass is 16.4. The lowest BCUT2D eigenvalue weighted by Crippen LogP contribution is -2.17. The van der Waals surface area contributed by atoms with E-state index in [1.165, 1.54) is 6.26 Å². The normalized spacial score (nSPS) is 13.6. The summed E-state index contributed by atoms with van der Waals surface area (Å²) in [6.45, 7) is 1.61. The minimum atomic E-state index is -1.25. The summed E-state index contributed by atoms with van der Waals surface area (Å²) >= 11 is 0. The third kappa shape index (κ3) is 2.33. The first-order valence-electron chi connectivity index (χ1n) is 5.03. The SMILES string of the molecule is CC(O)(C#Cc1ccccc1)c1ccco1. The van der Waals surface area contributed by atoms with E-state index in [2.05, 4.69) is 11.8 Å². The third-order valence-corrected chi connectivity index (χ3v) is 2.22. The van der Waals surface area contributed by atoms with Gasteiger partial charge in [0.2, 0.25) is 0 Å². The topological polar surface area (TPSA) is 33.4 Å². The van der Waals surface area contributed by atoms with Gasteiger partial charge >= 0.3 is 0 Å². The van der Waals surface area contributed by atoms with Crippen LogP contribution in [0.2, 0.25) is 0 Å². The Balaban J connectivity index is 2.25. The van der Waals surface area contributed by atoms with E-state index >= 15 is 0 Å². The molecular weight excluding hydrogens is 200 g/mol. The molecule has 0 spiro atoms. The van der Waals surface area contributed by atoms with Crippen LogP contribution < -0.4 is 0 Å². The van der Waals surface area contributed by atoms with Crippen molar-refractivity contribution in [3.05, 3.63) is 60.1 Å². The zero-order valence-electron chi connectivity index (χ0n) is 8.97. The zero-order valence-corrected chi connectivity index (χ0v) is 8.97. The van der Waals surface area contributed by atoms with Crippen LogP contribution in [-0.2, 0) is 5.60 Å². The largest absolute Gasteiger partial charge is 0.465 e. The molecule has 0 radical (unpaired) electrons. The lowest BCUT2D eigenvalue weighted by atomic mass is 10.0. The minimum Gasteiger partial charge on any atom is -0.465 e. The molecule has 1 unspecified atom stereocenters. The van der Waals surface area contributed by atoms with Crippen molar-refractivity contribution in [2.75, 3.05) is 0 Å². The Morgan fingerprint density at radius 1 is 1.12 bits per heavy atom. The first-order chi connectivity index (χ1) is 7.68. The summed E-state index contributed by atoms with van der Waals surface area (Å²) in [5.74, 6) is 6.16. The van der Waals surface area contributed by atoms with Crippen molar-refractivity contribution in [3.8, 4) is 11.8 Å². The molecule has 80 valence electrons. The highest BCUT2D eigenvalue weighted by Gasteiger charge is 2.22. The second-order valence-corrected chi connectivity index (χ2v) is 3.67. The minimum absolute atomic E-state index is 0.455. The van der Waals surface area contributed by atoms with E-state index in [4.69, 9.17) is 4.42 Å². The van der Waals surface area contributed by atoms with E-state index in [0.717, 1.165) is 5.56 Å². The Morgan fingerprint density at radius 2 is 1.88 bits per heavy atom. The molecule has 0 saturated carbocycles. The van der Waals surface area contributed by atoms with Crippen LogP contribution in [0.1, 0.15) is 18.2 Å².